The van der Waals surface area contributed by atoms with Gasteiger partial charge in [0.1, 0.15) is 0 Å². The third-order valence-corrected chi connectivity index (χ3v) is 9.16. The van der Waals surface area contributed by atoms with Crippen molar-refractivity contribution in [2.45, 2.75) is 82.6 Å². The largest absolute Gasteiger partial charge is 0.332 e. The standard InChI is InChI=1S/C22H32N2O2/c25-19(21-7-13-1-14(8-21)3-15(2-13)9-21)23-20(26)24-22-10-16-4-17(11-22)6-18(5-16)12-22/h13-18H,1-12H2,(H2,23,24,25,26). The molecule has 142 valence electrons. The molecule has 0 aromatic heterocycles. The Hall–Kier alpha value is -1.06. The molecular weight excluding hydrogens is 324 g/mol. The third-order valence-electron chi connectivity index (χ3n) is 9.16. The first-order valence-electron chi connectivity index (χ1n) is 11.1. The van der Waals surface area contributed by atoms with Gasteiger partial charge in [-0.1, -0.05) is 0 Å². The van der Waals surface area contributed by atoms with Crippen LogP contribution in [-0.4, -0.2) is 17.5 Å². The van der Waals surface area contributed by atoms with Gasteiger partial charge in [-0.15, -0.1) is 0 Å². The number of rotatable bonds is 2. The number of imide groups is 1. The minimum absolute atomic E-state index is 0.0133. The van der Waals surface area contributed by atoms with Gasteiger partial charge in [-0.05, 0) is 113 Å². The van der Waals surface area contributed by atoms with E-state index in [0.29, 0.717) is 0 Å². The van der Waals surface area contributed by atoms with E-state index in [4.69, 9.17) is 0 Å². The van der Waals surface area contributed by atoms with Crippen molar-refractivity contribution in [3.63, 3.8) is 0 Å². The first kappa shape index (κ1) is 15.9. The van der Waals surface area contributed by atoms with E-state index in [1.54, 1.807) is 0 Å². The van der Waals surface area contributed by atoms with E-state index in [-0.39, 0.29) is 22.9 Å². The molecule has 26 heavy (non-hydrogen) atoms. The monoisotopic (exact) mass is 356 g/mol. The Bertz CT molecular complexity index is 584. The molecule has 4 nitrogen and oxygen atoms in total. The Kier molecular flexibility index (Phi) is 3.23. The van der Waals surface area contributed by atoms with Gasteiger partial charge in [0.05, 0.1) is 5.41 Å². The second kappa shape index (κ2) is 5.26. The van der Waals surface area contributed by atoms with Crippen LogP contribution in [0.25, 0.3) is 0 Å². The molecule has 8 saturated carbocycles. The molecule has 8 bridgehead atoms. The maximum Gasteiger partial charge on any atom is 0.321 e. The van der Waals surface area contributed by atoms with E-state index in [0.717, 1.165) is 74.0 Å². The molecule has 0 aromatic rings. The van der Waals surface area contributed by atoms with Crippen LogP contribution in [0.5, 0.6) is 0 Å². The topological polar surface area (TPSA) is 58.2 Å². The highest BCUT2D eigenvalue weighted by Crippen LogP contribution is 2.60. The van der Waals surface area contributed by atoms with Crippen molar-refractivity contribution in [2.24, 2.45) is 40.9 Å². The van der Waals surface area contributed by atoms with Crippen LogP contribution in [0.3, 0.4) is 0 Å². The summed E-state index contributed by atoms with van der Waals surface area (Å²) in [7, 11) is 0. The number of hydrogen-bond acceptors (Lipinski definition) is 2. The summed E-state index contributed by atoms with van der Waals surface area (Å²) in [6.45, 7) is 0. The Morgan fingerprint density at radius 3 is 1.42 bits per heavy atom. The van der Waals surface area contributed by atoms with Gasteiger partial charge in [0.2, 0.25) is 5.91 Å². The van der Waals surface area contributed by atoms with Gasteiger partial charge < -0.3 is 5.32 Å². The maximum atomic E-state index is 13.1. The van der Waals surface area contributed by atoms with Crippen molar-refractivity contribution in [3.8, 4) is 0 Å². The predicted molar refractivity (Wildman–Crippen MR) is 98.2 cm³/mol. The summed E-state index contributed by atoms with van der Waals surface area (Å²) < 4.78 is 0. The van der Waals surface area contributed by atoms with Crippen LogP contribution in [0.2, 0.25) is 0 Å². The zero-order valence-corrected chi connectivity index (χ0v) is 15.8. The SMILES string of the molecule is O=C(NC(=O)C12CC3CC(CC(C3)C1)C2)NC12CC3CC(CC(C3)C1)C2. The lowest BCUT2D eigenvalue weighted by Crippen LogP contribution is -2.63. The van der Waals surface area contributed by atoms with Gasteiger partial charge >= 0.3 is 6.03 Å². The Balaban J connectivity index is 1.14. The molecule has 0 radical (unpaired) electrons. The molecule has 4 heteroatoms. The van der Waals surface area contributed by atoms with E-state index >= 15 is 0 Å². The number of carbonyl (C=O) groups excluding carboxylic acids is 2. The molecule has 2 N–H and O–H groups in total. The van der Waals surface area contributed by atoms with Crippen LogP contribution in [0, 0.1) is 40.9 Å². The van der Waals surface area contributed by atoms with Crippen LogP contribution in [0.4, 0.5) is 4.79 Å². The van der Waals surface area contributed by atoms with E-state index < -0.39 is 0 Å². The molecule has 3 amide bonds. The molecule has 8 aliphatic carbocycles. The third kappa shape index (κ3) is 2.39. The van der Waals surface area contributed by atoms with Crippen LogP contribution < -0.4 is 10.6 Å². The van der Waals surface area contributed by atoms with Gasteiger partial charge in [0.15, 0.2) is 0 Å². The number of hydrogen-bond donors (Lipinski definition) is 2. The molecule has 8 aliphatic rings. The second-order valence-corrected chi connectivity index (χ2v) is 11.3. The van der Waals surface area contributed by atoms with E-state index in [9.17, 15) is 9.59 Å². The van der Waals surface area contributed by atoms with Crippen LogP contribution >= 0.6 is 0 Å². The minimum Gasteiger partial charge on any atom is -0.332 e. The average Bonchev–Trinajstić information content (AvgIpc) is 2.51. The highest BCUT2D eigenvalue weighted by Gasteiger charge is 2.55. The van der Waals surface area contributed by atoms with Crippen LogP contribution in [0.15, 0.2) is 0 Å². The predicted octanol–water partition coefficient (Wildman–Crippen LogP) is 4.00. The van der Waals surface area contributed by atoms with E-state index in [2.05, 4.69) is 10.6 Å². The Labute approximate surface area is 156 Å². The molecule has 0 aromatic carbocycles. The molecule has 0 heterocycles. The average molecular weight is 357 g/mol. The van der Waals surface area contributed by atoms with Crippen molar-refractivity contribution >= 4 is 11.9 Å². The first-order valence-corrected chi connectivity index (χ1v) is 11.1. The Morgan fingerprint density at radius 2 is 1.00 bits per heavy atom. The lowest BCUT2D eigenvalue weighted by molar-refractivity contribution is -0.145. The maximum absolute atomic E-state index is 13.1. The number of urea groups is 1. The van der Waals surface area contributed by atoms with Gasteiger partial charge in [0.25, 0.3) is 0 Å². The van der Waals surface area contributed by atoms with Gasteiger partial charge in [-0.25, -0.2) is 4.79 Å². The van der Waals surface area contributed by atoms with Crippen molar-refractivity contribution in [1.82, 2.24) is 10.6 Å². The number of nitrogens with one attached hydrogen (secondary N) is 2. The summed E-state index contributed by atoms with van der Waals surface area (Å²) >= 11 is 0. The van der Waals surface area contributed by atoms with Crippen LogP contribution in [0.1, 0.15) is 77.0 Å². The van der Waals surface area contributed by atoms with Gasteiger partial charge in [-0.2, -0.15) is 0 Å². The summed E-state index contributed by atoms with van der Waals surface area (Å²) in [6.07, 6.45) is 14.6. The van der Waals surface area contributed by atoms with E-state index in [1.807, 2.05) is 0 Å². The zero-order chi connectivity index (χ0) is 17.5. The van der Waals surface area contributed by atoms with Crippen molar-refractivity contribution in [1.29, 1.82) is 0 Å². The Morgan fingerprint density at radius 1 is 0.615 bits per heavy atom. The summed E-state index contributed by atoms with van der Waals surface area (Å²) in [4.78, 5) is 25.9. The van der Waals surface area contributed by atoms with Crippen LogP contribution in [-0.2, 0) is 4.79 Å². The minimum atomic E-state index is -0.229. The van der Waals surface area contributed by atoms with Gasteiger partial charge in [-0.3, -0.25) is 10.1 Å². The van der Waals surface area contributed by atoms with Gasteiger partial charge in [0, 0.05) is 5.54 Å². The molecule has 8 rings (SSSR count). The fraction of sp³-hybridized carbons (Fsp3) is 0.909. The van der Waals surface area contributed by atoms with Crippen molar-refractivity contribution in [2.75, 3.05) is 0 Å². The zero-order valence-electron chi connectivity index (χ0n) is 15.8. The molecule has 0 spiro atoms. The van der Waals surface area contributed by atoms with E-state index in [1.165, 1.54) is 38.5 Å². The smallest absolute Gasteiger partial charge is 0.321 e. The van der Waals surface area contributed by atoms with Crippen molar-refractivity contribution in [3.05, 3.63) is 0 Å². The fourth-order valence-corrected chi connectivity index (χ4v) is 9.16. The molecule has 0 aliphatic heterocycles. The highest BCUT2D eigenvalue weighted by molar-refractivity contribution is 5.97. The normalized spacial score (nSPS) is 52.9. The first-order chi connectivity index (χ1) is 12.5. The summed E-state index contributed by atoms with van der Waals surface area (Å²) in [5.74, 6) is 4.66. The number of amides is 3. The summed E-state index contributed by atoms with van der Waals surface area (Å²) in [5.41, 5.74) is -0.242. The molecule has 0 saturated heterocycles. The fourth-order valence-electron chi connectivity index (χ4n) is 9.16. The molecule has 8 fully saturated rings. The number of carbonyl (C=O) groups is 2. The quantitative estimate of drug-likeness (QED) is 0.786. The second-order valence-electron chi connectivity index (χ2n) is 11.3. The summed E-state index contributed by atoms with van der Waals surface area (Å²) in [5, 5.41) is 6.14. The highest BCUT2D eigenvalue weighted by atomic mass is 16.2. The molecule has 0 atom stereocenters. The lowest BCUT2D eigenvalue weighted by Gasteiger charge is -2.57. The summed E-state index contributed by atoms with van der Waals surface area (Å²) in [6, 6.07) is -0.201. The van der Waals surface area contributed by atoms with Crippen molar-refractivity contribution < 1.29 is 9.59 Å². The lowest BCUT2D eigenvalue weighted by atomic mass is 9.49. The molecular formula is C22H32N2O2. The molecule has 0 unspecified atom stereocenters.